The summed E-state index contributed by atoms with van der Waals surface area (Å²) < 4.78 is 23.8. The number of hydrogen-bond acceptors (Lipinski definition) is 5. The maximum Gasteiger partial charge on any atom is 0.472 e. The molecule has 0 saturated carbocycles. The SMILES string of the molecule is CC/C=C\C/C=C\C/C=C\C/C=C\C/C=C\CCCCCCCCCCCCCCCCCCCCCCCCCC(=O)NC(COP(=O)(O)OCC[N+](C)(C)C)C(O)/C=C/CC/C=C/CC/C=C/CCCCCCCCCCCCCCCCCCCCCCC. The van der Waals surface area contributed by atoms with Crippen LogP contribution in [0.25, 0.3) is 0 Å². The molecule has 0 spiro atoms. The Labute approximate surface area is 572 Å². The highest BCUT2D eigenvalue weighted by atomic mass is 31.2. The van der Waals surface area contributed by atoms with E-state index in [0.717, 1.165) is 77.0 Å². The molecule has 3 atom stereocenters. The highest BCUT2D eigenvalue weighted by Gasteiger charge is 2.28. The van der Waals surface area contributed by atoms with Gasteiger partial charge in [-0.15, -0.1) is 0 Å². The lowest BCUT2D eigenvalue weighted by Crippen LogP contribution is -2.45. The average Bonchev–Trinajstić information content (AvgIpc) is 2.63. The molecule has 536 valence electrons. The van der Waals surface area contributed by atoms with Crippen molar-refractivity contribution < 1.29 is 32.9 Å². The van der Waals surface area contributed by atoms with Gasteiger partial charge in [-0.2, -0.15) is 0 Å². The summed E-state index contributed by atoms with van der Waals surface area (Å²) in [5, 5.41) is 14.0. The van der Waals surface area contributed by atoms with Crippen LogP contribution in [0.5, 0.6) is 0 Å². The van der Waals surface area contributed by atoms with Gasteiger partial charge in [-0.1, -0.05) is 374 Å². The zero-order valence-corrected chi connectivity index (χ0v) is 62.4. The number of aliphatic hydroxyl groups excluding tert-OH is 1. The van der Waals surface area contributed by atoms with Crippen LogP contribution in [-0.2, 0) is 18.4 Å². The molecule has 0 heterocycles. The number of allylic oxidation sites excluding steroid dienone is 15. The molecule has 0 aliphatic rings. The van der Waals surface area contributed by atoms with Crippen LogP contribution in [0, 0.1) is 0 Å². The first-order chi connectivity index (χ1) is 45.0. The molecule has 9 heteroatoms. The molecular formula is C83H154N2O6P+. The first kappa shape index (κ1) is 89.4. The zero-order chi connectivity index (χ0) is 66.9. The zero-order valence-electron chi connectivity index (χ0n) is 61.5. The fraction of sp³-hybridized carbons (Fsp3) is 0.795. The lowest BCUT2D eigenvalue weighted by Gasteiger charge is -2.25. The molecular weight excluding hydrogens is 1150 g/mol. The van der Waals surface area contributed by atoms with Gasteiger partial charge in [-0.25, -0.2) is 4.57 Å². The van der Waals surface area contributed by atoms with Gasteiger partial charge in [0.2, 0.25) is 5.91 Å². The van der Waals surface area contributed by atoms with Crippen LogP contribution in [0.3, 0.4) is 0 Å². The lowest BCUT2D eigenvalue weighted by atomic mass is 10.0. The number of amides is 1. The number of quaternary nitrogens is 1. The molecule has 0 radical (unpaired) electrons. The monoisotopic (exact) mass is 1310 g/mol. The molecule has 0 aromatic rings. The molecule has 0 bridgehead atoms. The molecule has 8 nitrogen and oxygen atoms in total. The van der Waals surface area contributed by atoms with E-state index in [-0.39, 0.29) is 19.1 Å². The highest BCUT2D eigenvalue weighted by Crippen LogP contribution is 2.43. The summed E-state index contributed by atoms with van der Waals surface area (Å²) in [5.74, 6) is -0.186. The van der Waals surface area contributed by atoms with Gasteiger partial charge in [0.25, 0.3) is 0 Å². The van der Waals surface area contributed by atoms with Crippen LogP contribution in [0.2, 0.25) is 0 Å². The molecule has 0 aromatic carbocycles. The van der Waals surface area contributed by atoms with Gasteiger partial charge in [-0.05, 0) is 89.9 Å². The van der Waals surface area contributed by atoms with E-state index in [9.17, 15) is 19.4 Å². The number of hydrogen-bond donors (Lipinski definition) is 3. The maximum absolute atomic E-state index is 13.1. The van der Waals surface area contributed by atoms with Gasteiger partial charge >= 0.3 is 7.82 Å². The Bertz CT molecular complexity index is 1830. The van der Waals surface area contributed by atoms with Crippen molar-refractivity contribution in [3.63, 3.8) is 0 Å². The third-order valence-corrected chi connectivity index (χ3v) is 18.7. The molecule has 3 unspecified atom stereocenters. The van der Waals surface area contributed by atoms with Gasteiger partial charge in [0.15, 0.2) is 0 Å². The molecule has 0 aliphatic heterocycles. The van der Waals surface area contributed by atoms with E-state index < -0.39 is 20.0 Å². The fourth-order valence-corrected chi connectivity index (χ4v) is 12.4. The molecule has 1 amide bonds. The number of phosphoric acid groups is 1. The summed E-state index contributed by atoms with van der Waals surface area (Å²) in [4.78, 5) is 23.5. The number of carbonyl (C=O) groups excluding carboxylic acids is 1. The molecule has 0 aliphatic carbocycles. The normalized spacial score (nSPS) is 14.0. The van der Waals surface area contributed by atoms with Crippen LogP contribution in [0.15, 0.2) is 97.2 Å². The van der Waals surface area contributed by atoms with E-state index in [0.29, 0.717) is 17.4 Å². The maximum atomic E-state index is 13.1. The van der Waals surface area contributed by atoms with Crippen molar-refractivity contribution >= 4 is 13.7 Å². The predicted octanol–water partition coefficient (Wildman–Crippen LogP) is 26.0. The van der Waals surface area contributed by atoms with Gasteiger partial charge in [-0.3, -0.25) is 13.8 Å². The second-order valence-electron chi connectivity index (χ2n) is 28.0. The van der Waals surface area contributed by atoms with E-state index in [1.54, 1.807) is 6.08 Å². The minimum absolute atomic E-state index is 0.0524. The highest BCUT2D eigenvalue weighted by molar-refractivity contribution is 7.47. The second-order valence-corrected chi connectivity index (χ2v) is 29.5. The fourth-order valence-electron chi connectivity index (χ4n) is 11.7. The number of phosphoric ester groups is 1. The van der Waals surface area contributed by atoms with Crippen LogP contribution in [0.1, 0.15) is 373 Å². The predicted molar refractivity (Wildman–Crippen MR) is 406 cm³/mol. The summed E-state index contributed by atoms with van der Waals surface area (Å²) in [6.45, 7) is 4.72. The van der Waals surface area contributed by atoms with Crippen molar-refractivity contribution in [3.8, 4) is 0 Å². The van der Waals surface area contributed by atoms with Crippen molar-refractivity contribution in [1.82, 2.24) is 5.32 Å². The van der Waals surface area contributed by atoms with Crippen molar-refractivity contribution in [1.29, 1.82) is 0 Å². The second kappa shape index (κ2) is 72.7. The summed E-state index contributed by atoms with van der Waals surface area (Å²) in [6.07, 6.45) is 106. The molecule has 0 fully saturated rings. The van der Waals surface area contributed by atoms with Crippen LogP contribution in [0.4, 0.5) is 0 Å². The number of likely N-dealkylation sites (N-methyl/N-ethyl adjacent to an activating group) is 1. The molecule has 3 N–H and O–H groups in total. The minimum Gasteiger partial charge on any atom is -0.387 e. The Kier molecular flexibility index (Phi) is 70.6. The summed E-state index contributed by atoms with van der Waals surface area (Å²) in [5.41, 5.74) is 0. The van der Waals surface area contributed by atoms with Crippen LogP contribution >= 0.6 is 7.82 Å². The first-order valence-electron chi connectivity index (χ1n) is 39.6. The van der Waals surface area contributed by atoms with E-state index in [1.807, 2.05) is 27.2 Å². The minimum atomic E-state index is -4.37. The van der Waals surface area contributed by atoms with Crippen LogP contribution < -0.4 is 5.32 Å². The number of carbonyl (C=O) groups is 1. The van der Waals surface area contributed by atoms with E-state index in [2.05, 4.69) is 104 Å². The number of aliphatic hydroxyl groups is 1. The molecule has 0 saturated heterocycles. The Balaban J connectivity index is 4.01. The van der Waals surface area contributed by atoms with Crippen molar-refractivity contribution in [2.24, 2.45) is 0 Å². The largest absolute Gasteiger partial charge is 0.472 e. The quantitative estimate of drug-likeness (QED) is 0.0243. The Morgan fingerprint density at radius 3 is 1.00 bits per heavy atom. The summed E-state index contributed by atoms with van der Waals surface area (Å²) >= 11 is 0. The lowest BCUT2D eigenvalue weighted by molar-refractivity contribution is -0.870. The van der Waals surface area contributed by atoms with E-state index >= 15 is 0 Å². The Morgan fingerprint density at radius 2 is 0.663 bits per heavy atom. The number of rotatable bonds is 73. The molecule has 0 aromatic heterocycles. The molecule has 92 heavy (non-hydrogen) atoms. The van der Waals surface area contributed by atoms with E-state index in [4.69, 9.17) is 9.05 Å². The first-order valence-corrected chi connectivity index (χ1v) is 41.1. The van der Waals surface area contributed by atoms with Crippen molar-refractivity contribution in [3.05, 3.63) is 97.2 Å². The number of nitrogens with zero attached hydrogens (tertiary/aromatic N) is 1. The van der Waals surface area contributed by atoms with Gasteiger partial charge in [0, 0.05) is 6.42 Å². The van der Waals surface area contributed by atoms with Crippen molar-refractivity contribution in [2.75, 3.05) is 40.9 Å². The summed E-state index contributed by atoms with van der Waals surface area (Å²) in [7, 11) is 1.56. The van der Waals surface area contributed by atoms with Crippen molar-refractivity contribution in [2.45, 2.75) is 386 Å². The number of nitrogens with one attached hydrogen (secondary N) is 1. The smallest absolute Gasteiger partial charge is 0.387 e. The third kappa shape index (κ3) is 74.8. The van der Waals surface area contributed by atoms with E-state index in [1.165, 1.54) is 276 Å². The average molecular weight is 1310 g/mol. The standard InChI is InChI=1S/C83H153N2O6P/c1-6-8-10-12-14-16-18-20-22-24-26-28-30-32-34-36-38-39-40-41-42-43-44-45-47-49-51-53-55-57-59-61-63-65-67-69-71-73-75-77-83(87)84-81(80-91-92(88,89)90-79-78-85(3,4)5)82(86)76-74-72-70-68-66-64-62-60-58-56-54-52-50-48-46-37-35-33-31-29-27-25-23-21-19-17-15-13-11-9-7-2/h8,10,14,16,20,22,26,28,32,34,58,60,66,68,74,76,81-82,86H,6-7,9,11-13,15,17-19,21,23-25,27,29-31,33,35-57,59,61-65,67,69-73,75,77-80H2,1-5H3,(H-,84,87,88,89)/p+1/b10-8-,16-14-,22-20-,28-26-,34-32-,60-58+,68-66+,76-74+. The van der Waals surface area contributed by atoms with Gasteiger partial charge in [0.1, 0.15) is 13.2 Å². The Hall–Kier alpha value is -2.58. The van der Waals surface area contributed by atoms with Gasteiger partial charge < -0.3 is 19.8 Å². The summed E-state index contributed by atoms with van der Waals surface area (Å²) in [6, 6.07) is -0.875. The van der Waals surface area contributed by atoms with Gasteiger partial charge in [0.05, 0.1) is 39.9 Å². The Morgan fingerprint density at radius 1 is 0.380 bits per heavy atom. The van der Waals surface area contributed by atoms with Crippen LogP contribution in [-0.4, -0.2) is 73.4 Å². The molecule has 0 rings (SSSR count). The third-order valence-electron chi connectivity index (χ3n) is 17.8. The number of unbranched alkanes of at least 4 members (excludes halogenated alkanes) is 46. The topological polar surface area (TPSA) is 105 Å².